The second-order valence-corrected chi connectivity index (χ2v) is 4.90. The van der Waals surface area contributed by atoms with Gasteiger partial charge in [0.2, 0.25) is 11.6 Å². The zero-order valence-electron chi connectivity index (χ0n) is 9.71. The van der Waals surface area contributed by atoms with Crippen molar-refractivity contribution in [1.82, 2.24) is 4.98 Å². The lowest BCUT2D eigenvalue weighted by Gasteiger charge is -2.06. The van der Waals surface area contributed by atoms with Crippen LogP contribution in [0.3, 0.4) is 0 Å². The predicted octanol–water partition coefficient (Wildman–Crippen LogP) is 4.07. The van der Waals surface area contributed by atoms with Crippen LogP contribution >= 0.6 is 27.5 Å². The molecule has 0 aliphatic rings. The van der Waals surface area contributed by atoms with Crippen LogP contribution in [0.15, 0.2) is 34.8 Å². The Bertz CT molecular complexity index is 730. The summed E-state index contributed by atoms with van der Waals surface area (Å²) in [5, 5.41) is 19.9. The number of pyridine rings is 1. The Morgan fingerprint density at radius 1 is 1.40 bits per heavy atom. The van der Waals surface area contributed by atoms with Crippen LogP contribution in [-0.4, -0.2) is 9.91 Å². The molecule has 8 heteroatoms. The first-order valence-electron chi connectivity index (χ1n) is 5.19. The molecular weight excluding hydrogens is 350 g/mol. The molecule has 1 heterocycles. The number of nitrogens with zero attached hydrogens (tertiary/aromatic N) is 3. The minimum Gasteiger partial charge on any atom is -0.432 e. The van der Waals surface area contributed by atoms with Crippen molar-refractivity contribution in [1.29, 1.82) is 5.26 Å². The highest BCUT2D eigenvalue weighted by atomic mass is 79.9. The summed E-state index contributed by atoms with van der Waals surface area (Å²) in [6, 6.07) is 8.94. The van der Waals surface area contributed by atoms with E-state index in [9.17, 15) is 10.1 Å². The van der Waals surface area contributed by atoms with Gasteiger partial charge in [-0.2, -0.15) is 5.26 Å². The fraction of sp³-hybridized carbons (Fsp3) is 0. The van der Waals surface area contributed by atoms with Gasteiger partial charge in [0.25, 0.3) is 0 Å². The van der Waals surface area contributed by atoms with Crippen LogP contribution in [0.25, 0.3) is 0 Å². The van der Waals surface area contributed by atoms with Crippen LogP contribution in [0.2, 0.25) is 5.15 Å². The molecule has 0 saturated carbocycles. The van der Waals surface area contributed by atoms with E-state index in [1.807, 2.05) is 6.07 Å². The van der Waals surface area contributed by atoms with Crippen molar-refractivity contribution in [3.63, 3.8) is 0 Å². The fourth-order valence-electron chi connectivity index (χ4n) is 1.42. The van der Waals surface area contributed by atoms with Crippen molar-refractivity contribution in [3.05, 3.63) is 55.6 Å². The molecule has 0 atom stereocenters. The van der Waals surface area contributed by atoms with Crippen molar-refractivity contribution >= 4 is 33.2 Å². The number of nitro benzene ring substituents is 1. The molecule has 0 amide bonds. The highest BCUT2D eigenvalue weighted by molar-refractivity contribution is 9.10. The van der Waals surface area contributed by atoms with Crippen LogP contribution in [-0.2, 0) is 0 Å². The van der Waals surface area contributed by atoms with Crippen LogP contribution in [0, 0.1) is 21.4 Å². The molecule has 0 aliphatic carbocycles. The third kappa shape index (κ3) is 3.23. The Hall–Kier alpha value is -2.17. The molecule has 0 saturated heterocycles. The van der Waals surface area contributed by atoms with Crippen LogP contribution < -0.4 is 4.74 Å². The van der Waals surface area contributed by atoms with Gasteiger partial charge in [-0.3, -0.25) is 10.1 Å². The van der Waals surface area contributed by atoms with Crippen LogP contribution in [0.1, 0.15) is 5.56 Å². The Labute approximate surface area is 126 Å². The third-order valence-electron chi connectivity index (χ3n) is 2.23. The number of ether oxygens (including phenoxy) is 1. The van der Waals surface area contributed by atoms with Gasteiger partial charge in [-0.1, -0.05) is 27.5 Å². The minimum atomic E-state index is -0.574. The lowest BCUT2D eigenvalue weighted by atomic mass is 10.3. The first kappa shape index (κ1) is 14.2. The normalized spacial score (nSPS) is 9.85. The molecule has 0 spiro atoms. The largest absolute Gasteiger partial charge is 0.432 e. The van der Waals surface area contributed by atoms with Gasteiger partial charge in [0.05, 0.1) is 16.6 Å². The summed E-state index contributed by atoms with van der Waals surface area (Å²) >= 11 is 8.88. The van der Waals surface area contributed by atoms with Crippen molar-refractivity contribution in [2.45, 2.75) is 0 Å². The summed E-state index contributed by atoms with van der Waals surface area (Å²) < 4.78 is 5.89. The summed E-state index contributed by atoms with van der Waals surface area (Å²) in [4.78, 5) is 14.2. The lowest BCUT2D eigenvalue weighted by Crippen LogP contribution is -1.95. The molecule has 2 aromatic rings. The van der Waals surface area contributed by atoms with Crippen molar-refractivity contribution in [3.8, 4) is 17.7 Å². The van der Waals surface area contributed by atoms with Crippen LogP contribution in [0.4, 0.5) is 5.69 Å². The van der Waals surface area contributed by atoms with Gasteiger partial charge < -0.3 is 4.74 Å². The molecule has 0 unspecified atom stereocenters. The van der Waals surface area contributed by atoms with E-state index in [1.54, 1.807) is 6.07 Å². The van der Waals surface area contributed by atoms with E-state index in [4.69, 9.17) is 21.6 Å². The molecule has 0 aliphatic heterocycles. The lowest BCUT2D eigenvalue weighted by molar-refractivity contribution is -0.385. The summed E-state index contributed by atoms with van der Waals surface area (Å²) in [6.07, 6.45) is 0. The Kier molecular flexibility index (Phi) is 4.17. The van der Waals surface area contributed by atoms with Crippen molar-refractivity contribution in [2.75, 3.05) is 0 Å². The monoisotopic (exact) mass is 353 g/mol. The molecule has 0 radical (unpaired) electrons. The second kappa shape index (κ2) is 5.86. The number of nitriles is 1. The van der Waals surface area contributed by atoms with E-state index in [0.717, 1.165) is 0 Å². The number of halogens is 2. The number of nitro groups is 1. The first-order chi connectivity index (χ1) is 9.49. The second-order valence-electron chi connectivity index (χ2n) is 3.60. The maximum Gasteiger partial charge on any atom is 0.312 e. The highest BCUT2D eigenvalue weighted by Crippen LogP contribution is 2.33. The maximum absolute atomic E-state index is 11.0. The first-order valence-corrected chi connectivity index (χ1v) is 6.36. The average molecular weight is 355 g/mol. The van der Waals surface area contributed by atoms with Gasteiger partial charge in [-0.05, 0) is 18.2 Å². The van der Waals surface area contributed by atoms with Gasteiger partial charge >= 0.3 is 5.69 Å². The number of hydrogen-bond acceptors (Lipinski definition) is 5. The zero-order chi connectivity index (χ0) is 14.7. The maximum atomic E-state index is 11.0. The van der Waals surface area contributed by atoms with E-state index < -0.39 is 4.92 Å². The molecule has 100 valence electrons. The number of hydrogen-bond donors (Lipinski definition) is 0. The van der Waals surface area contributed by atoms with Crippen molar-refractivity contribution in [2.24, 2.45) is 0 Å². The molecule has 0 N–H and O–H groups in total. The molecule has 20 heavy (non-hydrogen) atoms. The summed E-state index contributed by atoms with van der Waals surface area (Å²) in [5.41, 5.74) is 0.0272. The molecule has 0 bridgehead atoms. The van der Waals surface area contributed by atoms with Crippen molar-refractivity contribution < 1.29 is 9.66 Å². The highest BCUT2D eigenvalue weighted by Gasteiger charge is 2.17. The smallest absolute Gasteiger partial charge is 0.312 e. The van der Waals surface area contributed by atoms with E-state index in [2.05, 4.69) is 20.9 Å². The zero-order valence-corrected chi connectivity index (χ0v) is 12.1. The van der Waals surface area contributed by atoms with Gasteiger partial charge in [0.1, 0.15) is 5.15 Å². The third-order valence-corrected chi connectivity index (χ3v) is 2.92. The average Bonchev–Trinajstić information content (AvgIpc) is 2.40. The number of aromatic nitrogens is 1. The van der Waals surface area contributed by atoms with E-state index in [0.29, 0.717) is 4.47 Å². The Morgan fingerprint density at radius 3 is 2.80 bits per heavy atom. The van der Waals surface area contributed by atoms with E-state index in [1.165, 1.54) is 24.3 Å². The molecule has 1 aromatic heterocycles. The quantitative estimate of drug-likeness (QED) is 0.471. The summed E-state index contributed by atoms with van der Waals surface area (Å²) in [5.74, 6) is 0.0244. The van der Waals surface area contributed by atoms with E-state index in [-0.39, 0.29) is 28.0 Å². The van der Waals surface area contributed by atoms with Gasteiger partial charge in [-0.15, -0.1) is 0 Å². The Morgan fingerprint density at radius 2 is 2.15 bits per heavy atom. The molecule has 2 rings (SSSR count). The summed E-state index contributed by atoms with van der Waals surface area (Å²) in [7, 11) is 0. The number of benzene rings is 1. The SMILES string of the molecule is N#Cc1cc(Cl)nc(Oc2ccc(Br)cc2[N+](=O)[O-])c1. The molecule has 1 aromatic carbocycles. The number of rotatable bonds is 3. The van der Waals surface area contributed by atoms with Gasteiger partial charge in [0.15, 0.2) is 0 Å². The molecule has 0 fully saturated rings. The van der Waals surface area contributed by atoms with Gasteiger partial charge in [0, 0.05) is 16.6 Å². The molecular formula is C12H5BrClN3O3. The van der Waals surface area contributed by atoms with E-state index >= 15 is 0 Å². The van der Waals surface area contributed by atoms with Crippen LogP contribution in [0.5, 0.6) is 11.6 Å². The fourth-order valence-corrected chi connectivity index (χ4v) is 1.97. The van der Waals surface area contributed by atoms with Gasteiger partial charge in [-0.25, -0.2) is 4.98 Å². The summed E-state index contributed by atoms with van der Waals surface area (Å²) in [6.45, 7) is 0. The topological polar surface area (TPSA) is 89.0 Å². The molecule has 6 nitrogen and oxygen atoms in total. The Balaban J connectivity index is 2.42. The minimum absolute atomic E-state index is 0.0110. The standard InChI is InChI=1S/C12H5BrClN3O3/c13-8-1-2-10(9(5-8)17(18)19)20-12-4-7(6-15)3-11(14)16-12/h1-5H. The predicted molar refractivity (Wildman–Crippen MR) is 74.8 cm³/mol.